The summed E-state index contributed by atoms with van der Waals surface area (Å²) in [5.74, 6) is 1.09. The highest BCUT2D eigenvalue weighted by Crippen LogP contribution is 2.29. The van der Waals surface area contributed by atoms with Crippen LogP contribution in [0.4, 0.5) is 0 Å². The molecule has 2 amide bonds. The van der Waals surface area contributed by atoms with Crippen molar-refractivity contribution < 1.29 is 18.7 Å². The molecule has 0 aliphatic rings. The number of para-hydroxylation sites is 1. The molecule has 7 heteroatoms. The van der Waals surface area contributed by atoms with E-state index in [9.17, 15) is 14.9 Å². The Morgan fingerprint density at radius 2 is 1.74 bits per heavy atom. The highest BCUT2D eigenvalue weighted by atomic mass is 16.5. The standard InChI is InChI=1S/C27H29N3O4/c1-17(2)15-22(27(32)30-23(16-28)25-14-9-18(3)34-25)29-26(31)20-12-10-19(11-13-20)21-7-5-6-8-24(21)33-4/h5-14,17,22-23H,15H2,1-4H3,(H,29,31)(H,30,32)/t22-,23?/m0/s1. The molecule has 2 atom stereocenters. The normalized spacial score (nSPS) is 12.5. The van der Waals surface area contributed by atoms with Crippen molar-refractivity contribution in [3.05, 3.63) is 77.7 Å². The predicted octanol–water partition coefficient (Wildman–Crippen LogP) is 4.79. The van der Waals surface area contributed by atoms with Gasteiger partial charge < -0.3 is 19.8 Å². The van der Waals surface area contributed by atoms with Crippen LogP contribution in [0.1, 0.15) is 48.2 Å². The fourth-order valence-electron chi connectivity index (χ4n) is 3.65. The average molecular weight is 460 g/mol. The van der Waals surface area contributed by atoms with Crippen LogP contribution in [0.5, 0.6) is 5.75 Å². The Morgan fingerprint density at radius 3 is 2.32 bits per heavy atom. The van der Waals surface area contributed by atoms with E-state index in [1.165, 1.54) is 0 Å². The fraction of sp³-hybridized carbons (Fsp3) is 0.296. The van der Waals surface area contributed by atoms with Crippen LogP contribution in [-0.2, 0) is 4.79 Å². The monoisotopic (exact) mass is 459 g/mol. The average Bonchev–Trinajstić information content (AvgIpc) is 3.27. The topological polar surface area (TPSA) is 104 Å². The van der Waals surface area contributed by atoms with E-state index in [-0.39, 0.29) is 11.8 Å². The predicted molar refractivity (Wildman–Crippen MR) is 129 cm³/mol. The van der Waals surface area contributed by atoms with Crippen LogP contribution >= 0.6 is 0 Å². The van der Waals surface area contributed by atoms with Gasteiger partial charge in [0, 0.05) is 11.1 Å². The van der Waals surface area contributed by atoms with Gasteiger partial charge in [-0.15, -0.1) is 0 Å². The van der Waals surface area contributed by atoms with E-state index in [1.807, 2.05) is 56.3 Å². The lowest BCUT2D eigenvalue weighted by Crippen LogP contribution is -2.48. The zero-order valence-corrected chi connectivity index (χ0v) is 19.8. The van der Waals surface area contributed by atoms with Crippen molar-refractivity contribution in [1.82, 2.24) is 10.6 Å². The second-order valence-corrected chi connectivity index (χ2v) is 8.45. The molecule has 34 heavy (non-hydrogen) atoms. The second-order valence-electron chi connectivity index (χ2n) is 8.45. The molecule has 2 aromatic carbocycles. The number of carbonyl (C=O) groups is 2. The van der Waals surface area contributed by atoms with Gasteiger partial charge in [-0.05, 0) is 55.2 Å². The highest BCUT2D eigenvalue weighted by Gasteiger charge is 2.26. The van der Waals surface area contributed by atoms with Crippen LogP contribution in [0, 0.1) is 24.2 Å². The SMILES string of the molecule is COc1ccccc1-c1ccc(C(=O)N[C@@H](CC(C)C)C(=O)NC(C#N)c2ccc(C)o2)cc1. The molecule has 0 aliphatic heterocycles. The van der Waals surface area contributed by atoms with Crippen molar-refractivity contribution in [3.63, 3.8) is 0 Å². The van der Waals surface area contributed by atoms with Crippen LogP contribution in [0.15, 0.2) is 65.1 Å². The van der Waals surface area contributed by atoms with Crippen LogP contribution in [0.2, 0.25) is 0 Å². The molecule has 0 bridgehead atoms. The molecule has 7 nitrogen and oxygen atoms in total. The number of aryl methyl sites for hydroxylation is 1. The van der Waals surface area contributed by atoms with Gasteiger partial charge in [0.1, 0.15) is 23.3 Å². The van der Waals surface area contributed by atoms with Gasteiger partial charge in [0.05, 0.1) is 13.2 Å². The zero-order chi connectivity index (χ0) is 24.7. The van der Waals surface area contributed by atoms with Gasteiger partial charge in [-0.3, -0.25) is 9.59 Å². The Morgan fingerprint density at radius 1 is 1.03 bits per heavy atom. The Bertz CT molecular complexity index is 1180. The van der Waals surface area contributed by atoms with Gasteiger partial charge in [-0.1, -0.05) is 44.2 Å². The third-order valence-corrected chi connectivity index (χ3v) is 5.36. The highest BCUT2D eigenvalue weighted by molar-refractivity contribution is 5.98. The molecule has 0 fully saturated rings. The molecule has 1 aromatic heterocycles. The molecule has 2 N–H and O–H groups in total. The summed E-state index contributed by atoms with van der Waals surface area (Å²) in [6.07, 6.45) is 0.423. The molecule has 3 rings (SSSR count). The summed E-state index contributed by atoms with van der Waals surface area (Å²) in [5, 5.41) is 15.0. The Balaban J connectivity index is 1.73. The molecule has 1 heterocycles. The van der Waals surface area contributed by atoms with Crippen molar-refractivity contribution in [1.29, 1.82) is 5.26 Å². The van der Waals surface area contributed by atoms with Crippen molar-refractivity contribution in [2.75, 3.05) is 7.11 Å². The molecule has 0 saturated carbocycles. The number of carbonyl (C=O) groups excluding carboxylic acids is 2. The third-order valence-electron chi connectivity index (χ3n) is 5.36. The number of rotatable bonds is 9. The van der Waals surface area contributed by atoms with Crippen LogP contribution in [-0.4, -0.2) is 25.0 Å². The summed E-state index contributed by atoms with van der Waals surface area (Å²) in [4.78, 5) is 25.9. The summed E-state index contributed by atoms with van der Waals surface area (Å²) in [7, 11) is 1.62. The molecule has 1 unspecified atom stereocenters. The van der Waals surface area contributed by atoms with Gasteiger partial charge in [-0.25, -0.2) is 0 Å². The van der Waals surface area contributed by atoms with Gasteiger partial charge in [0.2, 0.25) is 5.91 Å². The third kappa shape index (κ3) is 6.04. The first-order valence-corrected chi connectivity index (χ1v) is 11.1. The minimum absolute atomic E-state index is 0.148. The number of furan rings is 1. The zero-order valence-electron chi connectivity index (χ0n) is 19.8. The number of nitrogens with one attached hydrogen (secondary N) is 2. The van der Waals surface area contributed by atoms with E-state index in [4.69, 9.17) is 9.15 Å². The van der Waals surface area contributed by atoms with E-state index in [0.29, 0.717) is 23.5 Å². The minimum atomic E-state index is -0.937. The molecular formula is C27H29N3O4. The lowest BCUT2D eigenvalue weighted by molar-refractivity contribution is -0.123. The maximum absolute atomic E-state index is 13.0. The van der Waals surface area contributed by atoms with Gasteiger partial charge in [0.25, 0.3) is 5.91 Å². The van der Waals surface area contributed by atoms with Gasteiger partial charge in [-0.2, -0.15) is 5.26 Å². The largest absolute Gasteiger partial charge is 0.496 e. The molecule has 0 radical (unpaired) electrons. The number of nitrogens with zero attached hydrogens (tertiary/aromatic N) is 1. The summed E-state index contributed by atoms with van der Waals surface area (Å²) in [6, 6.07) is 18.4. The lowest BCUT2D eigenvalue weighted by atomic mass is 10.0. The van der Waals surface area contributed by atoms with Crippen molar-refractivity contribution in [3.8, 4) is 22.9 Å². The first kappa shape index (κ1) is 24.6. The van der Waals surface area contributed by atoms with E-state index in [1.54, 1.807) is 38.3 Å². The number of benzene rings is 2. The van der Waals surface area contributed by atoms with Crippen molar-refractivity contribution in [2.24, 2.45) is 5.92 Å². The van der Waals surface area contributed by atoms with E-state index in [2.05, 4.69) is 10.6 Å². The Hall–Kier alpha value is -4.05. The molecule has 0 spiro atoms. The number of nitriles is 1. The van der Waals surface area contributed by atoms with Crippen molar-refractivity contribution in [2.45, 2.75) is 39.3 Å². The molecule has 3 aromatic rings. The molecule has 0 saturated heterocycles. The van der Waals surface area contributed by atoms with E-state index < -0.39 is 18.0 Å². The van der Waals surface area contributed by atoms with Crippen LogP contribution in [0.3, 0.4) is 0 Å². The second kappa shape index (κ2) is 11.2. The molecular weight excluding hydrogens is 430 g/mol. The van der Waals surface area contributed by atoms with Crippen molar-refractivity contribution >= 4 is 11.8 Å². The maximum Gasteiger partial charge on any atom is 0.251 e. The van der Waals surface area contributed by atoms with Crippen LogP contribution < -0.4 is 15.4 Å². The van der Waals surface area contributed by atoms with E-state index in [0.717, 1.165) is 16.9 Å². The Labute approximate surface area is 199 Å². The molecule has 0 aliphatic carbocycles. The first-order valence-electron chi connectivity index (χ1n) is 11.1. The maximum atomic E-state index is 13.0. The quantitative estimate of drug-likeness (QED) is 0.479. The number of methoxy groups -OCH3 is 1. The Kier molecular flexibility index (Phi) is 8.10. The first-order chi connectivity index (χ1) is 16.3. The summed E-state index contributed by atoms with van der Waals surface area (Å²) in [5.41, 5.74) is 2.26. The number of amides is 2. The summed E-state index contributed by atoms with van der Waals surface area (Å²) < 4.78 is 10.9. The number of hydrogen-bond acceptors (Lipinski definition) is 5. The van der Waals surface area contributed by atoms with E-state index >= 15 is 0 Å². The van der Waals surface area contributed by atoms with Gasteiger partial charge in [0.15, 0.2) is 6.04 Å². The fourth-order valence-corrected chi connectivity index (χ4v) is 3.65. The number of ether oxygens (including phenoxy) is 1. The summed E-state index contributed by atoms with van der Waals surface area (Å²) in [6.45, 7) is 5.69. The molecule has 176 valence electrons. The van der Waals surface area contributed by atoms with Crippen LogP contribution in [0.25, 0.3) is 11.1 Å². The minimum Gasteiger partial charge on any atom is -0.496 e. The van der Waals surface area contributed by atoms with Gasteiger partial charge >= 0.3 is 0 Å². The smallest absolute Gasteiger partial charge is 0.251 e. The summed E-state index contributed by atoms with van der Waals surface area (Å²) >= 11 is 0. The lowest BCUT2D eigenvalue weighted by Gasteiger charge is -2.21. The number of hydrogen-bond donors (Lipinski definition) is 2.